The molecule has 0 amide bonds. The molecule has 0 saturated heterocycles. The van der Waals surface area contributed by atoms with Gasteiger partial charge < -0.3 is 10.5 Å². The van der Waals surface area contributed by atoms with Gasteiger partial charge in [-0.25, -0.2) is 9.67 Å². The molecule has 0 aliphatic heterocycles. The van der Waals surface area contributed by atoms with Gasteiger partial charge in [0.1, 0.15) is 11.4 Å². The Morgan fingerprint density at radius 2 is 1.97 bits per heavy atom. The van der Waals surface area contributed by atoms with Crippen molar-refractivity contribution in [3.63, 3.8) is 0 Å². The van der Waals surface area contributed by atoms with Crippen molar-refractivity contribution in [1.82, 2.24) is 25.0 Å². The highest BCUT2D eigenvalue weighted by molar-refractivity contribution is 7.87. The van der Waals surface area contributed by atoms with Gasteiger partial charge in [-0.1, -0.05) is 29.5 Å². The largest absolute Gasteiger partial charge is 0.496 e. The highest BCUT2D eigenvalue weighted by Gasteiger charge is 2.18. The van der Waals surface area contributed by atoms with Crippen molar-refractivity contribution in [3.05, 3.63) is 54.1 Å². The van der Waals surface area contributed by atoms with E-state index < -0.39 is 10.3 Å². The number of methoxy groups -OCH3 is 1. The maximum atomic E-state index is 11.0. The summed E-state index contributed by atoms with van der Waals surface area (Å²) >= 11 is 0. The monoisotopic (exact) mass is 427 g/mol. The molecule has 0 radical (unpaired) electrons. The predicted octanol–water partition coefficient (Wildman–Crippen LogP) is 1.74. The standard InChI is InChI=1S/C18H17N7O4S/c1-29-14-8-3-2-7-13(14)15-16-17(21-18(19)20-15)25(24-22-16)10-11-5-4-6-12(9-11)23-30(26,27)28/h2-9,23H,10H2,1H3,(H2,19,20,21)(H,26,27,28). The summed E-state index contributed by atoms with van der Waals surface area (Å²) < 4.78 is 40.0. The molecule has 2 aromatic carbocycles. The second-order valence-electron chi connectivity index (χ2n) is 6.33. The lowest BCUT2D eigenvalue weighted by atomic mass is 10.1. The molecule has 0 unspecified atom stereocenters. The van der Waals surface area contributed by atoms with E-state index in [9.17, 15) is 8.42 Å². The molecule has 30 heavy (non-hydrogen) atoms. The number of nitrogen functional groups attached to an aromatic ring is 1. The summed E-state index contributed by atoms with van der Waals surface area (Å²) in [5.41, 5.74) is 8.89. The van der Waals surface area contributed by atoms with Crippen molar-refractivity contribution in [2.75, 3.05) is 17.6 Å². The van der Waals surface area contributed by atoms with E-state index in [0.29, 0.717) is 33.7 Å². The fraction of sp³-hybridized carbons (Fsp3) is 0.111. The smallest absolute Gasteiger partial charge is 0.357 e. The zero-order valence-electron chi connectivity index (χ0n) is 15.7. The number of benzene rings is 2. The Hall–Kier alpha value is -3.77. The number of aromatic nitrogens is 5. The number of nitrogens with zero attached hydrogens (tertiary/aromatic N) is 5. The molecule has 0 atom stereocenters. The molecule has 12 heteroatoms. The van der Waals surface area contributed by atoms with Gasteiger partial charge in [-0.3, -0.25) is 9.27 Å². The van der Waals surface area contributed by atoms with Gasteiger partial charge in [-0.05, 0) is 29.8 Å². The minimum atomic E-state index is -4.37. The summed E-state index contributed by atoms with van der Waals surface area (Å²) in [7, 11) is -2.81. The third kappa shape index (κ3) is 3.99. The third-order valence-electron chi connectivity index (χ3n) is 4.25. The zero-order valence-corrected chi connectivity index (χ0v) is 16.5. The fourth-order valence-electron chi connectivity index (χ4n) is 3.06. The van der Waals surface area contributed by atoms with Crippen molar-refractivity contribution in [1.29, 1.82) is 0 Å². The minimum absolute atomic E-state index is 0.0498. The summed E-state index contributed by atoms with van der Waals surface area (Å²) in [5.74, 6) is 0.657. The van der Waals surface area contributed by atoms with E-state index >= 15 is 0 Å². The lowest BCUT2D eigenvalue weighted by Crippen LogP contribution is -2.11. The van der Waals surface area contributed by atoms with Gasteiger partial charge in [-0.15, -0.1) is 5.10 Å². The lowest BCUT2D eigenvalue weighted by molar-refractivity contribution is 0.416. The number of hydrogen-bond donors (Lipinski definition) is 3. The Morgan fingerprint density at radius 1 is 1.17 bits per heavy atom. The van der Waals surface area contributed by atoms with Crippen LogP contribution in [0.2, 0.25) is 0 Å². The average Bonchev–Trinajstić information content (AvgIpc) is 3.09. The Balaban J connectivity index is 1.76. The SMILES string of the molecule is COc1ccccc1-c1nc(N)nc2c1nnn2Cc1cccc(NS(=O)(=O)O)c1. The number of ether oxygens (including phenoxy) is 1. The second-order valence-corrected chi connectivity index (χ2v) is 7.48. The van der Waals surface area contributed by atoms with Crippen LogP contribution in [0.1, 0.15) is 5.56 Å². The van der Waals surface area contributed by atoms with Gasteiger partial charge in [-0.2, -0.15) is 13.4 Å². The van der Waals surface area contributed by atoms with Crippen LogP contribution in [0.3, 0.4) is 0 Å². The number of rotatable bonds is 6. The van der Waals surface area contributed by atoms with E-state index in [1.807, 2.05) is 22.9 Å². The van der Waals surface area contributed by atoms with E-state index in [-0.39, 0.29) is 18.2 Å². The molecule has 4 N–H and O–H groups in total. The molecule has 0 aliphatic carbocycles. The normalized spacial score (nSPS) is 11.5. The van der Waals surface area contributed by atoms with Gasteiger partial charge >= 0.3 is 10.3 Å². The van der Waals surface area contributed by atoms with Crippen LogP contribution >= 0.6 is 0 Å². The van der Waals surface area contributed by atoms with Gasteiger partial charge in [0.25, 0.3) is 0 Å². The molecule has 2 heterocycles. The van der Waals surface area contributed by atoms with Gasteiger partial charge in [0.05, 0.1) is 19.3 Å². The molecule has 0 spiro atoms. The predicted molar refractivity (Wildman–Crippen MR) is 110 cm³/mol. The number of anilines is 2. The Kier molecular flexibility index (Phi) is 4.93. The molecule has 11 nitrogen and oxygen atoms in total. The van der Waals surface area contributed by atoms with Crippen molar-refractivity contribution >= 4 is 33.1 Å². The summed E-state index contributed by atoms with van der Waals surface area (Å²) in [6.45, 7) is 0.235. The Labute approximate surface area is 171 Å². The van der Waals surface area contributed by atoms with Crippen molar-refractivity contribution in [2.24, 2.45) is 0 Å². The Bertz CT molecular complexity index is 1340. The number of fused-ring (bicyclic) bond motifs is 1. The van der Waals surface area contributed by atoms with Crippen LogP contribution < -0.4 is 15.2 Å². The van der Waals surface area contributed by atoms with E-state index in [1.165, 1.54) is 10.7 Å². The number of para-hydroxylation sites is 1. The number of nitrogens with two attached hydrogens (primary N) is 1. The highest BCUT2D eigenvalue weighted by Crippen LogP contribution is 2.32. The van der Waals surface area contributed by atoms with Crippen LogP contribution in [-0.2, 0) is 16.8 Å². The van der Waals surface area contributed by atoms with E-state index in [1.54, 1.807) is 31.4 Å². The van der Waals surface area contributed by atoms with Crippen molar-refractivity contribution in [2.45, 2.75) is 6.54 Å². The highest BCUT2D eigenvalue weighted by atomic mass is 32.2. The van der Waals surface area contributed by atoms with Crippen molar-refractivity contribution in [3.8, 4) is 17.0 Å². The van der Waals surface area contributed by atoms with Gasteiger partial charge in [0.2, 0.25) is 5.95 Å². The molecule has 0 saturated carbocycles. The van der Waals surface area contributed by atoms with E-state index in [4.69, 9.17) is 15.0 Å². The average molecular weight is 427 g/mol. The lowest BCUT2D eigenvalue weighted by Gasteiger charge is -2.09. The molecule has 2 aromatic heterocycles. The van der Waals surface area contributed by atoms with Crippen LogP contribution in [0.15, 0.2) is 48.5 Å². The molecule has 4 rings (SSSR count). The topological polar surface area (TPSA) is 158 Å². The number of hydrogen-bond acceptors (Lipinski definition) is 8. The molecule has 0 aliphatic rings. The van der Waals surface area contributed by atoms with E-state index in [0.717, 1.165) is 0 Å². The maximum absolute atomic E-state index is 11.0. The zero-order chi connectivity index (χ0) is 21.3. The molecular formula is C18H17N7O4S. The quantitative estimate of drug-likeness (QED) is 0.390. The molecule has 0 fully saturated rings. The molecule has 4 aromatic rings. The van der Waals surface area contributed by atoms with Crippen LogP contribution in [0.4, 0.5) is 11.6 Å². The summed E-state index contributed by atoms with van der Waals surface area (Å²) in [6.07, 6.45) is 0. The molecular weight excluding hydrogens is 410 g/mol. The maximum Gasteiger partial charge on any atom is 0.357 e. The third-order valence-corrected chi connectivity index (χ3v) is 4.74. The van der Waals surface area contributed by atoms with Crippen LogP contribution in [0, 0.1) is 0 Å². The van der Waals surface area contributed by atoms with Gasteiger partial charge in [0, 0.05) is 5.56 Å². The molecule has 154 valence electrons. The summed E-state index contributed by atoms with van der Waals surface area (Å²) in [4.78, 5) is 8.59. The first kappa shape index (κ1) is 19.5. The minimum Gasteiger partial charge on any atom is -0.496 e. The van der Waals surface area contributed by atoms with Crippen LogP contribution in [-0.4, -0.2) is 45.0 Å². The Morgan fingerprint density at radius 3 is 2.73 bits per heavy atom. The summed E-state index contributed by atoms with van der Waals surface area (Å²) in [6, 6.07) is 13.8. The molecule has 0 bridgehead atoms. The first-order chi connectivity index (χ1) is 14.3. The first-order valence-corrected chi connectivity index (χ1v) is 10.1. The van der Waals surface area contributed by atoms with Crippen LogP contribution in [0.5, 0.6) is 5.75 Å². The van der Waals surface area contributed by atoms with Crippen LogP contribution in [0.25, 0.3) is 22.4 Å². The summed E-state index contributed by atoms with van der Waals surface area (Å²) in [5, 5.41) is 8.37. The van der Waals surface area contributed by atoms with Gasteiger partial charge in [0.15, 0.2) is 11.2 Å². The fourth-order valence-corrected chi connectivity index (χ4v) is 3.49. The second kappa shape index (κ2) is 7.57. The van der Waals surface area contributed by atoms with Crippen molar-refractivity contribution < 1.29 is 17.7 Å². The van der Waals surface area contributed by atoms with E-state index in [2.05, 4.69) is 20.3 Å². The number of nitrogens with one attached hydrogen (secondary N) is 1. The first-order valence-electron chi connectivity index (χ1n) is 8.68.